The van der Waals surface area contributed by atoms with Crippen molar-refractivity contribution in [3.8, 4) is 0 Å². The molecule has 0 saturated carbocycles. The molecule has 0 amide bonds. The van der Waals surface area contributed by atoms with Crippen LogP contribution in [0.15, 0.2) is 24.3 Å². The fourth-order valence-electron chi connectivity index (χ4n) is 2.25. The van der Waals surface area contributed by atoms with Gasteiger partial charge in [0.15, 0.2) is 0 Å². The van der Waals surface area contributed by atoms with Crippen LogP contribution in [0.3, 0.4) is 0 Å². The Labute approximate surface area is 127 Å². The summed E-state index contributed by atoms with van der Waals surface area (Å²) in [4.78, 5) is 23.1. The first-order valence-corrected chi connectivity index (χ1v) is 7.99. The number of carbonyl (C=O) groups excluding carboxylic acids is 2. The van der Waals surface area contributed by atoms with E-state index in [1.807, 2.05) is 12.1 Å². The van der Waals surface area contributed by atoms with E-state index in [-0.39, 0.29) is 6.61 Å². The molecule has 0 bridgehead atoms. The largest absolute Gasteiger partial charge is 0.460 e. The molecule has 0 saturated heterocycles. The van der Waals surface area contributed by atoms with Crippen molar-refractivity contribution in [2.24, 2.45) is 0 Å². The summed E-state index contributed by atoms with van der Waals surface area (Å²) in [6, 6.07) is 7.29. The first kappa shape index (κ1) is 17.4. The summed E-state index contributed by atoms with van der Waals surface area (Å²) < 4.78 is 4.71. The van der Waals surface area contributed by atoms with Crippen molar-refractivity contribution in [2.75, 3.05) is 6.61 Å². The lowest BCUT2D eigenvalue weighted by Crippen LogP contribution is -2.17. The molecule has 21 heavy (non-hydrogen) atoms. The van der Waals surface area contributed by atoms with E-state index in [9.17, 15) is 9.59 Å². The molecule has 1 aromatic carbocycles. The molecule has 116 valence electrons. The average Bonchev–Trinajstić information content (AvgIpc) is 2.51. The number of unbranched alkanes of at least 4 members (excludes halogenated alkanes) is 5. The van der Waals surface area contributed by atoms with E-state index in [1.165, 1.54) is 44.1 Å². The van der Waals surface area contributed by atoms with Crippen LogP contribution >= 0.6 is 0 Å². The van der Waals surface area contributed by atoms with Crippen molar-refractivity contribution in [3.63, 3.8) is 0 Å². The molecule has 0 unspecified atom stereocenters. The van der Waals surface area contributed by atoms with Crippen LogP contribution in [0.5, 0.6) is 0 Å². The van der Waals surface area contributed by atoms with Gasteiger partial charge in [-0.15, -0.1) is 0 Å². The third-order valence-electron chi connectivity index (χ3n) is 3.50. The third kappa shape index (κ3) is 6.56. The highest BCUT2D eigenvalue weighted by Crippen LogP contribution is 2.11. The van der Waals surface area contributed by atoms with E-state index in [4.69, 9.17) is 4.74 Å². The number of esters is 1. The van der Waals surface area contributed by atoms with Crippen LogP contribution in [0, 0.1) is 0 Å². The van der Waals surface area contributed by atoms with Gasteiger partial charge in [-0.2, -0.15) is 0 Å². The molecule has 0 radical (unpaired) electrons. The van der Waals surface area contributed by atoms with Crippen LogP contribution in [-0.4, -0.2) is 18.4 Å². The number of hydrogen-bond donors (Lipinski definition) is 0. The number of benzene rings is 1. The van der Waals surface area contributed by atoms with Gasteiger partial charge in [0.25, 0.3) is 5.78 Å². The zero-order valence-corrected chi connectivity index (χ0v) is 13.2. The van der Waals surface area contributed by atoms with Gasteiger partial charge in [0.1, 0.15) is 0 Å². The molecule has 0 fully saturated rings. The molecule has 1 aromatic rings. The Morgan fingerprint density at radius 3 is 2.14 bits per heavy atom. The SMILES string of the molecule is CCCCCCCCc1ccc(C(=O)C(=O)OCC)cc1. The molecule has 0 aliphatic heterocycles. The molecule has 0 aromatic heterocycles. The second-order valence-corrected chi connectivity index (χ2v) is 5.26. The van der Waals surface area contributed by atoms with Crippen LogP contribution in [-0.2, 0) is 16.0 Å². The molecule has 0 aliphatic rings. The van der Waals surface area contributed by atoms with E-state index >= 15 is 0 Å². The predicted octanol–water partition coefficient (Wildman–Crippen LogP) is 4.34. The maximum Gasteiger partial charge on any atom is 0.379 e. The minimum atomic E-state index is -0.777. The van der Waals surface area contributed by atoms with Crippen molar-refractivity contribution in [1.82, 2.24) is 0 Å². The number of aryl methyl sites for hydroxylation is 1. The van der Waals surface area contributed by atoms with Gasteiger partial charge in [0.05, 0.1) is 6.61 Å². The Kier molecular flexibility index (Phi) is 8.41. The Morgan fingerprint density at radius 1 is 0.905 bits per heavy atom. The van der Waals surface area contributed by atoms with Crippen molar-refractivity contribution in [1.29, 1.82) is 0 Å². The van der Waals surface area contributed by atoms with Gasteiger partial charge in [-0.05, 0) is 25.3 Å². The Bertz CT molecular complexity index is 434. The minimum absolute atomic E-state index is 0.223. The molecule has 0 spiro atoms. The third-order valence-corrected chi connectivity index (χ3v) is 3.50. The summed E-state index contributed by atoms with van der Waals surface area (Å²) in [5.74, 6) is -1.34. The van der Waals surface area contributed by atoms with Gasteiger partial charge in [-0.1, -0.05) is 63.3 Å². The van der Waals surface area contributed by atoms with E-state index < -0.39 is 11.8 Å². The number of hydrogen-bond acceptors (Lipinski definition) is 3. The molecule has 0 heterocycles. The van der Waals surface area contributed by atoms with E-state index in [2.05, 4.69) is 6.92 Å². The van der Waals surface area contributed by atoms with Gasteiger partial charge in [-0.3, -0.25) is 4.79 Å². The number of ketones is 1. The second-order valence-electron chi connectivity index (χ2n) is 5.26. The Hall–Kier alpha value is -1.64. The van der Waals surface area contributed by atoms with Crippen molar-refractivity contribution in [2.45, 2.75) is 58.8 Å². The van der Waals surface area contributed by atoms with Crippen molar-refractivity contribution >= 4 is 11.8 Å². The number of rotatable bonds is 10. The van der Waals surface area contributed by atoms with Crippen molar-refractivity contribution < 1.29 is 14.3 Å². The van der Waals surface area contributed by atoms with Gasteiger partial charge < -0.3 is 4.74 Å². The first-order chi connectivity index (χ1) is 10.2. The van der Waals surface area contributed by atoms with Gasteiger partial charge in [0, 0.05) is 5.56 Å². The number of carbonyl (C=O) groups is 2. The summed E-state index contributed by atoms with van der Waals surface area (Å²) in [5, 5.41) is 0. The maximum atomic E-state index is 11.7. The highest BCUT2D eigenvalue weighted by Gasteiger charge is 2.16. The van der Waals surface area contributed by atoms with E-state index in [1.54, 1.807) is 19.1 Å². The monoisotopic (exact) mass is 290 g/mol. The summed E-state index contributed by atoms with van der Waals surface area (Å²) in [6.07, 6.45) is 8.68. The Balaban J connectivity index is 2.36. The molecule has 1 rings (SSSR count). The fraction of sp³-hybridized carbons (Fsp3) is 0.556. The molecule has 3 nitrogen and oxygen atoms in total. The number of Topliss-reactive ketones (excluding diaryl/α,β-unsaturated/α-hetero) is 1. The van der Waals surface area contributed by atoms with Crippen LogP contribution in [0.4, 0.5) is 0 Å². The summed E-state index contributed by atoms with van der Waals surface area (Å²) in [6.45, 7) is 4.13. The quantitative estimate of drug-likeness (QED) is 0.279. The number of ether oxygens (including phenoxy) is 1. The Morgan fingerprint density at radius 2 is 1.52 bits per heavy atom. The predicted molar refractivity (Wildman–Crippen MR) is 84.5 cm³/mol. The lowest BCUT2D eigenvalue weighted by Gasteiger charge is -2.04. The van der Waals surface area contributed by atoms with E-state index in [0.717, 1.165) is 6.42 Å². The average molecular weight is 290 g/mol. The molecular formula is C18H26O3. The lowest BCUT2D eigenvalue weighted by molar-refractivity contribution is -0.137. The molecule has 0 aliphatic carbocycles. The normalized spacial score (nSPS) is 10.4. The zero-order chi connectivity index (χ0) is 15.5. The van der Waals surface area contributed by atoms with Crippen LogP contribution in [0.2, 0.25) is 0 Å². The zero-order valence-electron chi connectivity index (χ0n) is 13.2. The summed E-state index contributed by atoms with van der Waals surface area (Å²) in [7, 11) is 0. The molecule has 3 heteroatoms. The fourth-order valence-corrected chi connectivity index (χ4v) is 2.25. The smallest absolute Gasteiger partial charge is 0.379 e. The van der Waals surface area contributed by atoms with Crippen LogP contribution in [0.1, 0.15) is 68.3 Å². The lowest BCUT2D eigenvalue weighted by atomic mass is 10.0. The highest BCUT2D eigenvalue weighted by atomic mass is 16.5. The minimum Gasteiger partial charge on any atom is -0.460 e. The summed E-state index contributed by atoms with van der Waals surface area (Å²) in [5.41, 5.74) is 1.62. The van der Waals surface area contributed by atoms with Gasteiger partial charge in [0.2, 0.25) is 0 Å². The highest BCUT2D eigenvalue weighted by molar-refractivity contribution is 6.40. The van der Waals surface area contributed by atoms with Gasteiger partial charge in [-0.25, -0.2) is 4.79 Å². The summed E-state index contributed by atoms with van der Waals surface area (Å²) >= 11 is 0. The van der Waals surface area contributed by atoms with Gasteiger partial charge >= 0.3 is 5.97 Å². The van der Waals surface area contributed by atoms with Crippen LogP contribution in [0.25, 0.3) is 0 Å². The standard InChI is InChI=1S/C18H26O3/c1-3-5-6-7-8-9-10-15-11-13-16(14-12-15)17(19)18(20)21-4-2/h11-14H,3-10H2,1-2H3. The first-order valence-electron chi connectivity index (χ1n) is 7.99. The van der Waals surface area contributed by atoms with Crippen LogP contribution < -0.4 is 0 Å². The topological polar surface area (TPSA) is 43.4 Å². The second kappa shape index (κ2) is 10.1. The maximum absolute atomic E-state index is 11.7. The molecule has 0 atom stereocenters. The van der Waals surface area contributed by atoms with Crippen molar-refractivity contribution in [3.05, 3.63) is 35.4 Å². The molecule has 0 N–H and O–H groups in total. The molecular weight excluding hydrogens is 264 g/mol. The van der Waals surface area contributed by atoms with E-state index in [0.29, 0.717) is 5.56 Å².